The van der Waals surface area contributed by atoms with Gasteiger partial charge in [0.25, 0.3) is 0 Å². The molecule has 0 aliphatic heterocycles. The lowest BCUT2D eigenvalue weighted by atomic mass is 10.2. The van der Waals surface area contributed by atoms with E-state index in [9.17, 15) is 4.79 Å². The molecule has 0 rings (SSSR count). The van der Waals surface area contributed by atoms with Crippen molar-refractivity contribution >= 4 is 6.09 Å². The predicted molar refractivity (Wildman–Crippen MR) is 56.9 cm³/mol. The van der Waals surface area contributed by atoms with Gasteiger partial charge in [0.05, 0.1) is 26.4 Å². The summed E-state index contributed by atoms with van der Waals surface area (Å²) >= 11 is 0. The van der Waals surface area contributed by atoms with E-state index in [0.717, 1.165) is 0 Å². The lowest BCUT2D eigenvalue weighted by Crippen LogP contribution is -2.29. The third-order valence-electron chi connectivity index (χ3n) is 1.50. The molecule has 90 valence electrons. The number of rotatable bonds is 8. The van der Waals surface area contributed by atoms with E-state index >= 15 is 0 Å². The molecule has 0 radical (unpaired) electrons. The molecule has 0 fully saturated rings. The number of ether oxygens (including phenoxy) is 3. The minimum absolute atomic E-state index is 0.355. The predicted octanol–water partition coefficient (Wildman–Crippen LogP) is 1.03. The van der Waals surface area contributed by atoms with Crippen LogP contribution in [0.3, 0.4) is 0 Å². The molecule has 0 unspecified atom stereocenters. The van der Waals surface area contributed by atoms with E-state index < -0.39 is 0 Å². The van der Waals surface area contributed by atoms with Gasteiger partial charge in [0.1, 0.15) is 0 Å². The van der Waals surface area contributed by atoms with E-state index in [1.54, 1.807) is 7.11 Å². The molecular weight excluding hydrogens is 198 g/mol. The average Bonchev–Trinajstić information content (AvgIpc) is 2.20. The minimum Gasteiger partial charge on any atom is -0.449 e. The molecule has 0 saturated heterocycles. The maximum Gasteiger partial charge on any atom is 0.407 e. The Morgan fingerprint density at radius 1 is 1.27 bits per heavy atom. The van der Waals surface area contributed by atoms with Crippen molar-refractivity contribution < 1.29 is 19.0 Å². The molecule has 1 amide bonds. The van der Waals surface area contributed by atoms with Gasteiger partial charge in [0.2, 0.25) is 0 Å². The second-order valence-electron chi connectivity index (χ2n) is 3.52. The molecule has 5 nitrogen and oxygen atoms in total. The first kappa shape index (κ1) is 14.2. The first-order chi connectivity index (χ1) is 7.16. The Labute approximate surface area is 91.1 Å². The molecular formula is C10H21NO4. The van der Waals surface area contributed by atoms with Crippen LogP contribution in [0.1, 0.15) is 13.8 Å². The number of hydrogen-bond acceptors (Lipinski definition) is 4. The molecule has 0 heterocycles. The zero-order valence-electron chi connectivity index (χ0n) is 9.75. The Kier molecular flexibility index (Phi) is 9.21. The van der Waals surface area contributed by atoms with Gasteiger partial charge in [-0.05, 0) is 5.92 Å². The summed E-state index contributed by atoms with van der Waals surface area (Å²) in [5.74, 6) is 0.355. The van der Waals surface area contributed by atoms with Crippen LogP contribution in [0.5, 0.6) is 0 Å². The van der Waals surface area contributed by atoms with Crippen LogP contribution < -0.4 is 5.32 Å². The van der Waals surface area contributed by atoms with Crippen molar-refractivity contribution in [1.82, 2.24) is 5.32 Å². The van der Waals surface area contributed by atoms with Gasteiger partial charge in [-0.3, -0.25) is 0 Å². The van der Waals surface area contributed by atoms with Crippen LogP contribution in [-0.4, -0.2) is 46.2 Å². The number of carbonyl (C=O) groups excluding carboxylic acids is 1. The monoisotopic (exact) mass is 219 g/mol. The number of methoxy groups -OCH3 is 1. The smallest absolute Gasteiger partial charge is 0.407 e. The Balaban J connectivity index is 3.17. The number of alkyl carbamates (subject to hydrolysis) is 1. The normalized spacial score (nSPS) is 10.4. The summed E-state index contributed by atoms with van der Waals surface area (Å²) in [7, 11) is 1.62. The minimum atomic E-state index is -0.390. The number of amides is 1. The van der Waals surface area contributed by atoms with Gasteiger partial charge in [-0.25, -0.2) is 4.79 Å². The third-order valence-corrected chi connectivity index (χ3v) is 1.50. The summed E-state index contributed by atoms with van der Waals surface area (Å²) in [4.78, 5) is 11.0. The lowest BCUT2D eigenvalue weighted by molar-refractivity contribution is 0.0701. The molecule has 15 heavy (non-hydrogen) atoms. The van der Waals surface area contributed by atoms with Crippen LogP contribution in [-0.2, 0) is 14.2 Å². The molecule has 5 heteroatoms. The van der Waals surface area contributed by atoms with Crippen molar-refractivity contribution in [3.8, 4) is 0 Å². The topological polar surface area (TPSA) is 56.8 Å². The van der Waals surface area contributed by atoms with E-state index in [0.29, 0.717) is 38.9 Å². The average molecular weight is 219 g/mol. The number of hydrogen-bond donors (Lipinski definition) is 1. The highest BCUT2D eigenvalue weighted by molar-refractivity contribution is 5.66. The SMILES string of the molecule is COCCOCCNC(=O)OCC(C)C. The van der Waals surface area contributed by atoms with Crippen molar-refractivity contribution in [3.05, 3.63) is 0 Å². The molecule has 0 aliphatic carbocycles. The van der Waals surface area contributed by atoms with Crippen LogP contribution in [0, 0.1) is 5.92 Å². The molecule has 1 N–H and O–H groups in total. The summed E-state index contributed by atoms with van der Waals surface area (Å²) in [6.07, 6.45) is -0.390. The number of nitrogens with one attached hydrogen (secondary N) is 1. The van der Waals surface area contributed by atoms with Crippen LogP contribution in [0.25, 0.3) is 0 Å². The molecule has 0 atom stereocenters. The highest BCUT2D eigenvalue weighted by Crippen LogP contribution is 1.92. The Hall–Kier alpha value is -0.810. The van der Waals surface area contributed by atoms with Gasteiger partial charge in [-0.15, -0.1) is 0 Å². The highest BCUT2D eigenvalue weighted by atomic mass is 16.5. The van der Waals surface area contributed by atoms with Crippen molar-refractivity contribution in [2.45, 2.75) is 13.8 Å². The zero-order valence-corrected chi connectivity index (χ0v) is 9.75. The van der Waals surface area contributed by atoms with Crippen molar-refractivity contribution in [1.29, 1.82) is 0 Å². The second kappa shape index (κ2) is 9.73. The molecule has 0 saturated carbocycles. The van der Waals surface area contributed by atoms with Crippen LogP contribution >= 0.6 is 0 Å². The highest BCUT2D eigenvalue weighted by Gasteiger charge is 2.02. The van der Waals surface area contributed by atoms with Gasteiger partial charge < -0.3 is 19.5 Å². The Morgan fingerprint density at radius 3 is 2.60 bits per heavy atom. The summed E-state index contributed by atoms with van der Waals surface area (Å²) < 4.78 is 14.9. The van der Waals surface area contributed by atoms with Crippen molar-refractivity contribution in [2.75, 3.05) is 40.1 Å². The van der Waals surface area contributed by atoms with E-state index in [1.807, 2.05) is 13.8 Å². The quantitative estimate of drug-likeness (QED) is 0.619. The summed E-state index contributed by atoms with van der Waals surface area (Å²) in [5.41, 5.74) is 0. The van der Waals surface area contributed by atoms with Gasteiger partial charge in [-0.2, -0.15) is 0 Å². The molecule has 0 aromatic carbocycles. The fourth-order valence-electron chi connectivity index (χ4n) is 0.763. The molecule has 0 aromatic rings. The maximum atomic E-state index is 11.0. The van der Waals surface area contributed by atoms with Gasteiger partial charge >= 0.3 is 6.09 Å². The number of carbonyl (C=O) groups is 1. The van der Waals surface area contributed by atoms with Crippen molar-refractivity contribution in [3.63, 3.8) is 0 Å². The maximum absolute atomic E-state index is 11.0. The molecule has 0 aromatic heterocycles. The zero-order chi connectivity index (χ0) is 11.5. The van der Waals surface area contributed by atoms with E-state index in [-0.39, 0.29) is 6.09 Å². The molecule has 0 aliphatic rings. The van der Waals surface area contributed by atoms with Crippen molar-refractivity contribution in [2.24, 2.45) is 5.92 Å². The fourth-order valence-corrected chi connectivity index (χ4v) is 0.763. The van der Waals surface area contributed by atoms with Crippen LogP contribution in [0.2, 0.25) is 0 Å². The Bertz CT molecular complexity index is 162. The van der Waals surface area contributed by atoms with E-state index in [2.05, 4.69) is 5.32 Å². The van der Waals surface area contributed by atoms with E-state index in [4.69, 9.17) is 14.2 Å². The summed E-state index contributed by atoms with van der Waals surface area (Å²) in [5, 5.41) is 2.59. The van der Waals surface area contributed by atoms with Crippen LogP contribution in [0.4, 0.5) is 4.79 Å². The van der Waals surface area contributed by atoms with Gasteiger partial charge in [-0.1, -0.05) is 13.8 Å². The fraction of sp³-hybridized carbons (Fsp3) is 0.900. The standard InChI is InChI=1S/C10H21NO4/c1-9(2)8-15-10(12)11-4-5-14-7-6-13-3/h9H,4-8H2,1-3H3,(H,11,12). The van der Waals surface area contributed by atoms with E-state index in [1.165, 1.54) is 0 Å². The first-order valence-electron chi connectivity index (χ1n) is 5.14. The van der Waals surface area contributed by atoms with Crippen LogP contribution in [0.15, 0.2) is 0 Å². The largest absolute Gasteiger partial charge is 0.449 e. The molecule has 0 spiro atoms. The summed E-state index contributed by atoms with van der Waals surface area (Å²) in [6, 6.07) is 0. The van der Waals surface area contributed by atoms with Gasteiger partial charge in [0.15, 0.2) is 0 Å². The summed E-state index contributed by atoms with van der Waals surface area (Å²) in [6.45, 7) is 6.45. The first-order valence-corrected chi connectivity index (χ1v) is 5.14. The Morgan fingerprint density at radius 2 is 2.00 bits per heavy atom. The molecule has 0 bridgehead atoms. The van der Waals surface area contributed by atoms with Gasteiger partial charge in [0, 0.05) is 13.7 Å². The second-order valence-corrected chi connectivity index (χ2v) is 3.52. The third kappa shape index (κ3) is 11.1. The lowest BCUT2D eigenvalue weighted by Gasteiger charge is -2.08.